The lowest BCUT2D eigenvalue weighted by atomic mass is 9.98. The van der Waals surface area contributed by atoms with Crippen LogP contribution < -0.4 is 20.1 Å². The van der Waals surface area contributed by atoms with Crippen LogP contribution in [0.5, 0.6) is 11.8 Å². The molecule has 0 fully saturated rings. The topological polar surface area (TPSA) is 183 Å². The highest BCUT2D eigenvalue weighted by molar-refractivity contribution is 6.39. The van der Waals surface area contributed by atoms with E-state index in [1.807, 2.05) is 36.4 Å². The number of pyridine rings is 2. The van der Waals surface area contributed by atoms with E-state index in [9.17, 15) is 30.0 Å². The third kappa shape index (κ3) is 7.54. The van der Waals surface area contributed by atoms with Crippen LogP contribution in [0.1, 0.15) is 25.0 Å². The van der Waals surface area contributed by atoms with Crippen molar-refractivity contribution in [3.8, 4) is 45.4 Å². The van der Waals surface area contributed by atoms with Gasteiger partial charge in [-0.05, 0) is 26.0 Å². The standard InChI is InChI=1S/C34H36Cl2N4O8/c1-33(17-41,31(43)44)37-15-19-11-13-25(39-29(19)47-3)23-9-5-7-21(27(23)35)22-8-6-10-24(28(22)36)26-14-12-20(30(40-26)48-4)16-38-34(2,18-42)32(45)46/h5-14,37-38,41-42H,15-18H2,1-4H3,(H,43,44)(H,45,46)/t33-,34-/m0/s1. The third-order valence-corrected chi connectivity index (χ3v) is 8.83. The molecule has 12 nitrogen and oxygen atoms in total. The second-order valence-electron chi connectivity index (χ2n) is 11.4. The number of carbonyl (C=O) groups is 2. The van der Waals surface area contributed by atoms with Crippen molar-refractivity contribution in [3.05, 3.63) is 81.8 Å². The Bertz CT molecular complexity index is 1690. The molecule has 0 aliphatic carbocycles. The number of hydrogen-bond donors (Lipinski definition) is 6. The van der Waals surface area contributed by atoms with E-state index in [4.69, 9.17) is 32.7 Å². The molecule has 0 radical (unpaired) electrons. The number of halogens is 2. The van der Waals surface area contributed by atoms with E-state index in [0.29, 0.717) is 54.8 Å². The average molecular weight is 700 g/mol. The Morgan fingerprint density at radius 3 is 1.33 bits per heavy atom. The highest BCUT2D eigenvalue weighted by atomic mass is 35.5. The van der Waals surface area contributed by atoms with Gasteiger partial charge >= 0.3 is 11.9 Å². The van der Waals surface area contributed by atoms with Gasteiger partial charge in [-0.25, -0.2) is 9.97 Å². The van der Waals surface area contributed by atoms with E-state index >= 15 is 0 Å². The van der Waals surface area contributed by atoms with Crippen molar-refractivity contribution in [1.82, 2.24) is 20.6 Å². The first kappa shape index (κ1) is 36.5. The third-order valence-electron chi connectivity index (χ3n) is 8.02. The number of methoxy groups -OCH3 is 2. The number of carboxylic acids is 2. The molecule has 2 aromatic carbocycles. The van der Waals surface area contributed by atoms with Crippen LogP contribution in [0.3, 0.4) is 0 Å². The zero-order valence-corrected chi connectivity index (χ0v) is 28.2. The van der Waals surface area contributed by atoms with Crippen LogP contribution in [-0.2, 0) is 22.7 Å². The van der Waals surface area contributed by atoms with Crippen molar-refractivity contribution < 1.29 is 39.5 Å². The maximum absolute atomic E-state index is 11.6. The summed E-state index contributed by atoms with van der Waals surface area (Å²) in [6, 6.07) is 17.9. The van der Waals surface area contributed by atoms with Gasteiger partial charge in [0.05, 0.1) is 48.9 Å². The summed E-state index contributed by atoms with van der Waals surface area (Å²) >= 11 is 14.0. The van der Waals surface area contributed by atoms with Crippen LogP contribution in [0.15, 0.2) is 60.7 Å². The molecule has 0 aliphatic heterocycles. The Hall–Kier alpha value is -4.30. The highest BCUT2D eigenvalue weighted by Crippen LogP contribution is 2.42. The first-order chi connectivity index (χ1) is 22.8. The van der Waals surface area contributed by atoms with Gasteiger partial charge in [-0.2, -0.15) is 0 Å². The summed E-state index contributed by atoms with van der Waals surface area (Å²) in [4.78, 5) is 32.4. The van der Waals surface area contributed by atoms with E-state index in [0.717, 1.165) is 0 Å². The summed E-state index contributed by atoms with van der Waals surface area (Å²) in [7, 11) is 2.91. The fourth-order valence-electron chi connectivity index (χ4n) is 4.72. The minimum atomic E-state index is -1.54. The number of carboxylic acid groups (broad SMARTS) is 2. The predicted molar refractivity (Wildman–Crippen MR) is 181 cm³/mol. The SMILES string of the molecule is COc1nc(-c2cccc(-c3cccc(-c4ccc(CN[C@@](C)(CO)C(=O)O)c(OC)n4)c3Cl)c2Cl)ccc1CN[C@@](C)(CO)C(=O)O. The van der Waals surface area contributed by atoms with Crippen molar-refractivity contribution in [2.24, 2.45) is 0 Å². The van der Waals surface area contributed by atoms with Crippen LogP contribution in [0.4, 0.5) is 0 Å². The molecule has 6 N–H and O–H groups in total. The quantitative estimate of drug-likeness (QED) is 0.101. The van der Waals surface area contributed by atoms with Gasteiger partial charge < -0.3 is 29.9 Å². The molecule has 4 aromatic rings. The van der Waals surface area contributed by atoms with Crippen LogP contribution in [0, 0.1) is 0 Å². The molecule has 0 saturated heterocycles. The molecule has 4 rings (SSSR count). The molecular weight excluding hydrogens is 663 g/mol. The van der Waals surface area contributed by atoms with E-state index < -0.39 is 36.2 Å². The van der Waals surface area contributed by atoms with Crippen LogP contribution >= 0.6 is 23.2 Å². The lowest BCUT2D eigenvalue weighted by molar-refractivity contribution is -0.146. The smallest absolute Gasteiger partial charge is 0.326 e. The number of hydrogen-bond acceptors (Lipinski definition) is 10. The van der Waals surface area contributed by atoms with E-state index in [1.54, 1.807) is 24.3 Å². The average Bonchev–Trinajstić information content (AvgIpc) is 3.09. The summed E-state index contributed by atoms with van der Waals surface area (Å²) in [5, 5.41) is 44.5. The van der Waals surface area contributed by atoms with Gasteiger partial charge in [-0.1, -0.05) is 71.7 Å². The highest BCUT2D eigenvalue weighted by Gasteiger charge is 2.33. The maximum Gasteiger partial charge on any atom is 0.326 e. The molecule has 0 spiro atoms. The van der Waals surface area contributed by atoms with Crippen LogP contribution in [0.2, 0.25) is 10.0 Å². The number of nitrogens with one attached hydrogen (secondary N) is 2. The molecule has 254 valence electrons. The summed E-state index contributed by atoms with van der Waals surface area (Å²) < 4.78 is 11.0. The molecule has 0 bridgehead atoms. The maximum atomic E-state index is 11.6. The molecule has 0 aliphatic rings. The number of aromatic nitrogens is 2. The Morgan fingerprint density at radius 2 is 1.02 bits per heavy atom. The Kier molecular flexibility index (Phi) is 11.6. The van der Waals surface area contributed by atoms with Gasteiger partial charge in [0, 0.05) is 46.5 Å². The number of nitrogens with zero attached hydrogens (tertiary/aromatic N) is 2. The van der Waals surface area contributed by atoms with Crippen molar-refractivity contribution in [2.75, 3.05) is 27.4 Å². The minimum absolute atomic E-state index is 0.0800. The Morgan fingerprint density at radius 1 is 0.667 bits per heavy atom. The second-order valence-corrected chi connectivity index (χ2v) is 12.1. The predicted octanol–water partition coefficient (Wildman–Crippen LogP) is 4.65. The minimum Gasteiger partial charge on any atom is -0.481 e. The molecule has 0 unspecified atom stereocenters. The Labute approximate surface area is 287 Å². The molecule has 2 aromatic heterocycles. The summed E-state index contributed by atoms with van der Waals surface area (Å²) in [6.07, 6.45) is 0. The lowest BCUT2D eigenvalue weighted by Crippen LogP contribution is -2.52. The van der Waals surface area contributed by atoms with Crippen molar-refractivity contribution in [1.29, 1.82) is 0 Å². The number of aliphatic hydroxyl groups is 2. The molecule has 0 amide bonds. The Balaban J connectivity index is 1.66. The molecule has 14 heteroatoms. The number of ether oxygens (including phenoxy) is 2. The lowest BCUT2D eigenvalue weighted by Gasteiger charge is -2.24. The first-order valence-electron chi connectivity index (χ1n) is 14.7. The van der Waals surface area contributed by atoms with Gasteiger partial charge in [-0.15, -0.1) is 0 Å². The fraction of sp³-hybridized carbons (Fsp3) is 0.294. The van der Waals surface area contributed by atoms with Crippen molar-refractivity contribution >= 4 is 35.1 Å². The molecular formula is C34H36Cl2N4O8. The second kappa shape index (κ2) is 15.3. The van der Waals surface area contributed by atoms with Crippen LogP contribution in [0.25, 0.3) is 33.6 Å². The van der Waals surface area contributed by atoms with Gasteiger partial charge in [0.15, 0.2) is 0 Å². The first-order valence-corrected chi connectivity index (χ1v) is 15.4. The summed E-state index contributed by atoms with van der Waals surface area (Å²) in [6.45, 7) is 1.72. The van der Waals surface area contributed by atoms with Crippen molar-refractivity contribution in [3.63, 3.8) is 0 Å². The normalized spacial score (nSPS) is 13.8. The number of aliphatic hydroxyl groups excluding tert-OH is 2. The number of benzene rings is 2. The zero-order valence-electron chi connectivity index (χ0n) is 26.7. The van der Waals surface area contributed by atoms with E-state index in [2.05, 4.69) is 20.6 Å². The molecule has 0 saturated carbocycles. The van der Waals surface area contributed by atoms with Gasteiger partial charge in [0.25, 0.3) is 0 Å². The van der Waals surface area contributed by atoms with Crippen molar-refractivity contribution in [2.45, 2.75) is 38.0 Å². The monoisotopic (exact) mass is 698 g/mol. The number of rotatable bonds is 15. The van der Waals surface area contributed by atoms with Gasteiger partial charge in [-0.3, -0.25) is 20.2 Å². The molecule has 2 heterocycles. The van der Waals surface area contributed by atoms with Gasteiger partial charge in [0.2, 0.25) is 11.8 Å². The zero-order chi connectivity index (χ0) is 35.2. The largest absolute Gasteiger partial charge is 0.481 e. The van der Waals surface area contributed by atoms with Crippen LogP contribution in [-0.4, -0.2) is 80.8 Å². The van der Waals surface area contributed by atoms with E-state index in [1.165, 1.54) is 28.1 Å². The van der Waals surface area contributed by atoms with Gasteiger partial charge in [0.1, 0.15) is 11.1 Å². The summed E-state index contributed by atoms with van der Waals surface area (Å²) in [5.74, 6) is -1.86. The van der Waals surface area contributed by atoms with E-state index in [-0.39, 0.29) is 24.8 Å². The number of aliphatic carboxylic acids is 2. The fourth-order valence-corrected chi connectivity index (χ4v) is 5.36. The molecule has 2 atom stereocenters. The molecule has 48 heavy (non-hydrogen) atoms. The summed E-state index contributed by atoms with van der Waals surface area (Å²) in [5.41, 5.74) is 1.58.